The predicted molar refractivity (Wildman–Crippen MR) is 219 cm³/mol. The third kappa shape index (κ3) is 39.2. The van der Waals surface area contributed by atoms with Crippen LogP contribution in [0.25, 0.3) is 0 Å². The summed E-state index contributed by atoms with van der Waals surface area (Å²) < 4.78 is 32.6. The maximum atomic E-state index is 12.5. The third-order valence-electron chi connectivity index (χ3n) is 8.40. The summed E-state index contributed by atoms with van der Waals surface area (Å²) in [6.45, 7) is 3.57. The second-order valence-electron chi connectivity index (χ2n) is 13.5. The number of phosphoric acid groups is 1. The van der Waals surface area contributed by atoms with Crippen molar-refractivity contribution in [2.45, 2.75) is 174 Å². The molecule has 0 fully saturated rings. The lowest BCUT2D eigenvalue weighted by Crippen LogP contribution is -2.29. The molecule has 0 rings (SSSR count). The maximum absolute atomic E-state index is 12.5. The molecule has 0 spiro atoms. The molecular formula is C43H76NO8P. The highest BCUT2D eigenvalue weighted by molar-refractivity contribution is 7.47. The van der Waals surface area contributed by atoms with Crippen molar-refractivity contribution in [3.8, 4) is 0 Å². The molecule has 306 valence electrons. The van der Waals surface area contributed by atoms with Crippen LogP contribution in [0.2, 0.25) is 0 Å². The summed E-state index contributed by atoms with van der Waals surface area (Å²) >= 11 is 0. The number of hydrogen-bond acceptors (Lipinski definition) is 8. The Hall–Kier alpha value is -2.29. The maximum Gasteiger partial charge on any atom is 0.472 e. The quantitative estimate of drug-likeness (QED) is 0.0272. The van der Waals surface area contributed by atoms with Crippen LogP contribution in [0.4, 0.5) is 0 Å². The van der Waals surface area contributed by atoms with Crippen molar-refractivity contribution in [1.82, 2.24) is 0 Å². The van der Waals surface area contributed by atoms with E-state index in [4.69, 9.17) is 24.3 Å². The molecule has 2 atom stereocenters. The first-order chi connectivity index (χ1) is 25.8. The second kappa shape index (κ2) is 39.4. The Morgan fingerprint density at radius 3 is 1.49 bits per heavy atom. The molecule has 0 radical (unpaired) electrons. The zero-order valence-corrected chi connectivity index (χ0v) is 34.4. The van der Waals surface area contributed by atoms with E-state index in [-0.39, 0.29) is 32.6 Å². The van der Waals surface area contributed by atoms with E-state index in [1.165, 1.54) is 83.5 Å². The summed E-state index contributed by atoms with van der Waals surface area (Å²) in [5.74, 6) is -0.925. The first-order valence-electron chi connectivity index (χ1n) is 20.8. The molecule has 53 heavy (non-hydrogen) atoms. The second-order valence-corrected chi connectivity index (χ2v) is 15.0. The summed E-state index contributed by atoms with van der Waals surface area (Å²) in [5, 5.41) is 0. The van der Waals surface area contributed by atoms with Gasteiger partial charge in [0.05, 0.1) is 13.2 Å². The van der Waals surface area contributed by atoms with Gasteiger partial charge in [-0.25, -0.2) is 4.57 Å². The van der Waals surface area contributed by atoms with Crippen molar-refractivity contribution < 1.29 is 37.6 Å². The summed E-state index contributed by atoms with van der Waals surface area (Å²) in [4.78, 5) is 34.8. The molecule has 0 aliphatic carbocycles. The van der Waals surface area contributed by atoms with Crippen LogP contribution >= 0.6 is 7.82 Å². The number of phosphoric ester groups is 1. The SMILES string of the molecule is CCCC=CCC=CCC=CCC=CCC=CCCC(=O)OC(COC(=O)CCCCCCCCCCCCCCCCC)COP(=O)(O)OCCN. The minimum Gasteiger partial charge on any atom is -0.462 e. The van der Waals surface area contributed by atoms with Crippen LogP contribution in [0.3, 0.4) is 0 Å². The molecule has 0 saturated carbocycles. The molecule has 10 heteroatoms. The van der Waals surface area contributed by atoms with E-state index in [9.17, 15) is 19.0 Å². The Morgan fingerprint density at radius 1 is 0.566 bits per heavy atom. The van der Waals surface area contributed by atoms with Gasteiger partial charge in [-0.1, -0.05) is 171 Å². The zero-order chi connectivity index (χ0) is 38.9. The lowest BCUT2D eigenvalue weighted by atomic mass is 10.0. The summed E-state index contributed by atoms with van der Waals surface area (Å²) in [7, 11) is -4.39. The monoisotopic (exact) mass is 766 g/mol. The van der Waals surface area contributed by atoms with Gasteiger partial charge in [0.2, 0.25) is 0 Å². The molecule has 0 heterocycles. The van der Waals surface area contributed by atoms with Gasteiger partial charge in [0.1, 0.15) is 6.61 Å². The fourth-order valence-electron chi connectivity index (χ4n) is 5.33. The van der Waals surface area contributed by atoms with Gasteiger partial charge < -0.3 is 20.1 Å². The number of nitrogens with two attached hydrogens (primary N) is 1. The van der Waals surface area contributed by atoms with Gasteiger partial charge in [-0.15, -0.1) is 0 Å². The Labute approximate surface area is 323 Å². The van der Waals surface area contributed by atoms with Gasteiger partial charge in [0.15, 0.2) is 6.10 Å². The van der Waals surface area contributed by atoms with Crippen LogP contribution < -0.4 is 5.73 Å². The van der Waals surface area contributed by atoms with Crippen molar-refractivity contribution in [2.75, 3.05) is 26.4 Å². The van der Waals surface area contributed by atoms with E-state index < -0.39 is 32.5 Å². The fourth-order valence-corrected chi connectivity index (χ4v) is 6.10. The molecule has 2 unspecified atom stereocenters. The highest BCUT2D eigenvalue weighted by Crippen LogP contribution is 2.43. The van der Waals surface area contributed by atoms with Crippen LogP contribution in [0.5, 0.6) is 0 Å². The Kier molecular flexibility index (Phi) is 37.7. The number of carbonyl (C=O) groups excluding carboxylic acids is 2. The van der Waals surface area contributed by atoms with Crippen LogP contribution in [-0.4, -0.2) is 49.3 Å². The van der Waals surface area contributed by atoms with Crippen molar-refractivity contribution >= 4 is 19.8 Å². The molecule has 3 N–H and O–H groups in total. The number of ether oxygens (including phenoxy) is 2. The summed E-state index contributed by atoms with van der Waals surface area (Å²) in [5.41, 5.74) is 5.33. The van der Waals surface area contributed by atoms with Crippen LogP contribution in [0, 0.1) is 0 Å². The van der Waals surface area contributed by atoms with Crippen LogP contribution in [0.1, 0.15) is 168 Å². The van der Waals surface area contributed by atoms with E-state index in [1.807, 2.05) is 12.2 Å². The number of esters is 2. The first kappa shape index (κ1) is 50.7. The topological polar surface area (TPSA) is 134 Å². The molecule has 0 aromatic carbocycles. The van der Waals surface area contributed by atoms with E-state index in [0.29, 0.717) is 6.42 Å². The van der Waals surface area contributed by atoms with Gasteiger partial charge in [-0.05, 0) is 44.9 Å². The fraction of sp³-hybridized carbons (Fsp3) is 0.721. The van der Waals surface area contributed by atoms with Crippen molar-refractivity contribution in [3.05, 3.63) is 60.8 Å². The Bertz CT molecular complexity index is 1050. The first-order valence-corrected chi connectivity index (χ1v) is 22.3. The molecule has 0 aliphatic heterocycles. The average Bonchev–Trinajstić information content (AvgIpc) is 3.14. The number of unbranched alkanes of at least 4 members (excludes halogenated alkanes) is 15. The minimum absolute atomic E-state index is 0.0408. The largest absolute Gasteiger partial charge is 0.472 e. The normalized spacial score (nSPS) is 14.0. The van der Waals surface area contributed by atoms with Gasteiger partial charge in [0.25, 0.3) is 0 Å². The number of allylic oxidation sites excluding steroid dienone is 10. The molecular weight excluding hydrogens is 689 g/mol. The molecule has 0 aromatic heterocycles. The van der Waals surface area contributed by atoms with E-state index in [2.05, 4.69) is 62.5 Å². The smallest absolute Gasteiger partial charge is 0.462 e. The van der Waals surface area contributed by atoms with E-state index >= 15 is 0 Å². The number of rotatable bonds is 38. The lowest BCUT2D eigenvalue weighted by Gasteiger charge is -2.19. The van der Waals surface area contributed by atoms with Gasteiger partial charge >= 0.3 is 19.8 Å². The van der Waals surface area contributed by atoms with Crippen LogP contribution in [-0.2, 0) is 32.7 Å². The van der Waals surface area contributed by atoms with Gasteiger partial charge in [-0.3, -0.25) is 18.6 Å². The van der Waals surface area contributed by atoms with Crippen molar-refractivity contribution in [2.24, 2.45) is 5.73 Å². The molecule has 0 amide bonds. The molecule has 0 aliphatic rings. The molecule has 9 nitrogen and oxygen atoms in total. The van der Waals surface area contributed by atoms with E-state index in [1.54, 1.807) is 0 Å². The third-order valence-corrected chi connectivity index (χ3v) is 9.39. The standard InChI is InChI=1S/C43H76NO8P/c1-3-5-7-9-11-13-15-17-19-20-22-24-26-28-30-32-34-36-43(46)52-41(40-51-53(47,48)50-38-37-44)39-49-42(45)35-33-31-29-27-25-23-21-18-16-14-12-10-8-6-4-2/h7,9,13,15,19-20,24,26,30,32,41H,3-6,8,10-12,14,16-18,21-23,25,27-29,31,33-40,44H2,1-2H3,(H,47,48). The highest BCUT2D eigenvalue weighted by Gasteiger charge is 2.25. The van der Waals surface area contributed by atoms with Gasteiger partial charge in [0, 0.05) is 19.4 Å². The highest BCUT2D eigenvalue weighted by atomic mass is 31.2. The summed E-state index contributed by atoms with van der Waals surface area (Å²) in [6, 6.07) is 0. The zero-order valence-electron chi connectivity index (χ0n) is 33.5. The van der Waals surface area contributed by atoms with Crippen molar-refractivity contribution in [1.29, 1.82) is 0 Å². The predicted octanol–water partition coefficient (Wildman–Crippen LogP) is 11.7. The van der Waals surface area contributed by atoms with E-state index in [0.717, 1.165) is 51.4 Å². The minimum atomic E-state index is -4.39. The molecule has 0 bridgehead atoms. The Morgan fingerprint density at radius 2 is 1.02 bits per heavy atom. The average molecular weight is 766 g/mol. The Balaban J connectivity index is 4.30. The van der Waals surface area contributed by atoms with Crippen molar-refractivity contribution in [3.63, 3.8) is 0 Å². The van der Waals surface area contributed by atoms with Gasteiger partial charge in [-0.2, -0.15) is 0 Å². The number of hydrogen-bond donors (Lipinski definition) is 2. The lowest BCUT2D eigenvalue weighted by molar-refractivity contribution is -0.161. The molecule has 0 saturated heterocycles. The number of carbonyl (C=O) groups is 2. The van der Waals surface area contributed by atoms with Crippen LogP contribution in [0.15, 0.2) is 60.8 Å². The summed E-state index contributed by atoms with van der Waals surface area (Å²) in [6.07, 6.45) is 45.5. The molecule has 0 aromatic rings.